The Morgan fingerprint density at radius 2 is 1.83 bits per heavy atom. The van der Waals surface area contributed by atoms with E-state index in [4.69, 9.17) is 4.74 Å². The van der Waals surface area contributed by atoms with E-state index in [0.717, 1.165) is 11.3 Å². The SMILES string of the molecule is Cc1ccc(C)c(CSc2cn(CC(=O)N3C[C@H](C)O[C@@H](C)C3)c3ccccc23)c1. The molecule has 2 atom stereocenters. The van der Waals surface area contributed by atoms with Crippen LogP contribution < -0.4 is 0 Å². The fourth-order valence-corrected chi connectivity index (χ4v) is 5.35. The lowest BCUT2D eigenvalue weighted by Gasteiger charge is -2.35. The van der Waals surface area contributed by atoms with Gasteiger partial charge in [-0.2, -0.15) is 0 Å². The molecule has 2 aromatic carbocycles. The minimum atomic E-state index is 0.0859. The molecule has 0 aliphatic carbocycles. The molecule has 4 rings (SSSR count). The number of nitrogens with zero attached hydrogens (tertiary/aromatic N) is 2. The van der Waals surface area contributed by atoms with Crippen LogP contribution in [0.1, 0.15) is 30.5 Å². The molecule has 0 unspecified atom stereocenters. The molecule has 1 amide bonds. The minimum absolute atomic E-state index is 0.0859. The number of carbonyl (C=O) groups excluding carboxylic acids is 1. The standard InChI is InChI=1S/C25H30N2O2S/c1-17-9-10-18(2)21(11-17)16-30-24-14-26(23-8-6-5-7-22(23)24)15-25(28)27-12-19(3)29-20(4)13-27/h5-11,14,19-20H,12-13,15-16H2,1-4H3/t19-,20-/m0/s1. The normalized spacial score (nSPS) is 19.4. The van der Waals surface area contributed by atoms with Crippen molar-refractivity contribution in [1.29, 1.82) is 0 Å². The van der Waals surface area contributed by atoms with Gasteiger partial charge < -0.3 is 14.2 Å². The van der Waals surface area contributed by atoms with E-state index in [9.17, 15) is 4.79 Å². The second-order valence-electron chi connectivity index (χ2n) is 8.41. The van der Waals surface area contributed by atoms with Crippen LogP contribution in [0.4, 0.5) is 0 Å². The molecule has 5 heteroatoms. The predicted molar refractivity (Wildman–Crippen MR) is 124 cm³/mol. The first-order chi connectivity index (χ1) is 14.4. The molecule has 4 nitrogen and oxygen atoms in total. The number of aryl methyl sites for hydroxylation is 2. The number of carbonyl (C=O) groups is 1. The zero-order valence-electron chi connectivity index (χ0n) is 18.2. The summed E-state index contributed by atoms with van der Waals surface area (Å²) in [6, 6.07) is 15.0. The van der Waals surface area contributed by atoms with E-state index in [-0.39, 0.29) is 18.1 Å². The van der Waals surface area contributed by atoms with Gasteiger partial charge in [0.1, 0.15) is 6.54 Å². The summed E-state index contributed by atoms with van der Waals surface area (Å²) in [5.41, 5.74) is 5.09. The van der Waals surface area contributed by atoms with Crippen LogP contribution >= 0.6 is 11.8 Å². The van der Waals surface area contributed by atoms with Crippen molar-refractivity contribution in [3.8, 4) is 0 Å². The predicted octanol–water partition coefficient (Wildman–Crippen LogP) is 5.19. The third-order valence-corrected chi connectivity index (χ3v) is 6.81. The lowest BCUT2D eigenvalue weighted by atomic mass is 10.1. The van der Waals surface area contributed by atoms with Crippen LogP contribution in [0.3, 0.4) is 0 Å². The first-order valence-electron chi connectivity index (χ1n) is 10.6. The Kier molecular flexibility index (Phi) is 6.21. The van der Waals surface area contributed by atoms with Crippen molar-refractivity contribution in [3.05, 3.63) is 65.4 Å². The van der Waals surface area contributed by atoms with Gasteiger partial charge in [-0.3, -0.25) is 4.79 Å². The number of para-hydroxylation sites is 1. The Hall–Kier alpha value is -2.24. The Balaban J connectivity index is 1.55. The third-order valence-electron chi connectivity index (χ3n) is 5.72. The van der Waals surface area contributed by atoms with Crippen molar-refractivity contribution in [2.75, 3.05) is 13.1 Å². The maximum absolute atomic E-state index is 13.0. The number of hydrogen-bond acceptors (Lipinski definition) is 3. The molecule has 158 valence electrons. The Bertz CT molecular complexity index is 1050. The van der Waals surface area contributed by atoms with E-state index in [1.54, 1.807) is 0 Å². The van der Waals surface area contributed by atoms with Gasteiger partial charge in [-0.1, -0.05) is 42.0 Å². The molecule has 3 aromatic rings. The zero-order chi connectivity index (χ0) is 21.3. The summed E-state index contributed by atoms with van der Waals surface area (Å²) in [7, 11) is 0. The fraction of sp³-hybridized carbons (Fsp3) is 0.400. The van der Waals surface area contributed by atoms with Gasteiger partial charge >= 0.3 is 0 Å². The number of thioether (sulfide) groups is 1. The number of rotatable bonds is 5. The van der Waals surface area contributed by atoms with Crippen molar-refractivity contribution in [3.63, 3.8) is 0 Å². The monoisotopic (exact) mass is 422 g/mol. The van der Waals surface area contributed by atoms with Gasteiger partial charge in [-0.15, -0.1) is 11.8 Å². The van der Waals surface area contributed by atoms with E-state index in [2.05, 4.69) is 61.0 Å². The van der Waals surface area contributed by atoms with Crippen molar-refractivity contribution in [2.45, 2.75) is 57.1 Å². The number of morpholine rings is 1. The fourth-order valence-electron chi connectivity index (χ4n) is 4.20. The summed E-state index contributed by atoms with van der Waals surface area (Å²) >= 11 is 1.84. The molecule has 1 fully saturated rings. The van der Waals surface area contributed by atoms with Crippen LogP contribution in [-0.2, 0) is 21.8 Å². The van der Waals surface area contributed by atoms with Crippen molar-refractivity contribution >= 4 is 28.6 Å². The largest absolute Gasteiger partial charge is 0.372 e. The van der Waals surface area contributed by atoms with Crippen LogP contribution in [0.25, 0.3) is 10.9 Å². The highest BCUT2D eigenvalue weighted by atomic mass is 32.2. The number of aromatic nitrogens is 1. The minimum Gasteiger partial charge on any atom is -0.372 e. The Morgan fingerprint density at radius 3 is 2.60 bits per heavy atom. The van der Waals surface area contributed by atoms with Gasteiger partial charge in [0.2, 0.25) is 5.91 Å². The van der Waals surface area contributed by atoms with Crippen molar-refractivity contribution in [2.24, 2.45) is 0 Å². The first-order valence-corrected chi connectivity index (χ1v) is 11.6. The summed E-state index contributed by atoms with van der Waals surface area (Å²) in [4.78, 5) is 16.2. The van der Waals surface area contributed by atoms with E-state index in [0.29, 0.717) is 19.6 Å². The van der Waals surface area contributed by atoms with Crippen LogP contribution in [0.2, 0.25) is 0 Å². The highest BCUT2D eigenvalue weighted by Crippen LogP contribution is 2.33. The van der Waals surface area contributed by atoms with Crippen molar-refractivity contribution < 1.29 is 9.53 Å². The molecule has 0 spiro atoms. The van der Waals surface area contributed by atoms with Crippen LogP contribution in [-0.4, -0.2) is 40.7 Å². The molecule has 0 radical (unpaired) electrons. The van der Waals surface area contributed by atoms with Crippen LogP contribution in [0, 0.1) is 13.8 Å². The molecule has 0 N–H and O–H groups in total. The van der Waals surface area contributed by atoms with E-state index in [1.165, 1.54) is 27.0 Å². The van der Waals surface area contributed by atoms with Gasteiger partial charge in [0.15, 0.2) is 0 Å². The summed E-state index contributed by atoms with van der Waals surface area (Å²) in [5, 5.41) is 1.21. The summed E-state index contributed by atoms with van der Waals surface area (Å²) < 4.78 is 7.88. The molecule has 1 saturated heterocycles. The molecular formula is C25H30N2O2S. The first kappa shape index (κ1) is 21.0. The topological polar surface area (TPSA) is 34.5 Å². The van der Waals surface area contributed by atoms with Gasteiger partial charge in [0.05, 0.1) is 12.2 Å². The lowest BCUT2D eigenvalue weighted by Crippen LogP contribution is -2.49. The zero-order valence-corrected chi connectivity index (χ0v) is 19.0. The maximum Gasteiger partial charge on any atom is 0.242 e. The second kappa shape index (κ2) is 8.86. The average molecular weight is 423 g/mol. The van der Waals surface area contributed by atoms with Crippen LogP contribution in [0.15, 0.2) is 53.6 Å². The van der Waals surface area contributed by atoms with Crippen LogP contribution in [0.5, 0.6) is 0 Å². The number of benzene rings is 2. The third kappa shape index (κ3) is 4.57. The van der Waals surface area contributed by atoms with Gasteiger partial charge in [0.25, 0.3) is 0 Å². The average Bonchev–Trinajstić information content (AvgIpc) is 3.05. The van der Waals surface area contributed by atoms with Gasteiger partial charge in [0, 0.05) is 40.8 Å². The van der Waals surface area contributed by atoms with Crippen molar-refractivity contribution in [1.82, 2.24) is 9.47 Å². The number of fused-ring (bicyclic) bond motifs is 1. The molecule has 1 aromatic heterocycles. The number of hydrogen-bond donors (Lipinski definition) is 0. The molecule has 0 saturated carbocycles. The molecule has 2 heterocycles. The molecule has 1 aliphatic heterocycles. The maximum atomic E-state index is 13.0. The summed E-state index contributed by atoms with van der Waals surface area (Å²) in [6.45, 7) is 10.1. The van der Waals surface area contributed by atoms with E-state index < -0.39 is 0 Å². The van der Waals surface area contributed by atoms with E-state index >= 15 is 0 Å². The second-order valence-corrected chi connectivity index (χ2v) is 9.43. The quantitative estimate of drug-likeness (QED) is 0.531. The smallest absolute Gasteiger partial charge is 0.242 e. The highest BCUT2D eigenvalue weighted by Gasteiger charge is 2.26. The summed E-state index contributed by atoms with van der Waals surface area (Å²) in [6.07, 6.45) is 2.32. The molecule has 0 bridgehead atoms. The highest BCUT2D eigenvalue weighted by molar-refractivity contribution is 7.98. The molecule has 30 heavy (non-hydrogen) atoms. The number of ether oxygens (including phenoxy) is 1. The Morgan fingerprint density at radius 1 is 1.10 bits per heavy atom. The molecular weight excluding hydrogens is 392 g/mol. The molecule has 1 aliphatic rings. The number of amides is 1. The van der Waals surface area contributed by atoms with Gasteiger partial charge in [-0.05, 0) is 44.9 Å². The Labute approximate surface area is 183 Å². The van der Waals surface area contributed by atoms with Gasteiger partial charge in [-0.25, -0.2) is 0 Å². The summed E-state index contributed by atoms with van der Waals surface area (Å²) in [5.74, 6) is 1.08. The van der Waals surface area contributed by atoms with E-state index in [1.807, 2.05) is 36.6 Å². The lowest BCUT2D eigenvalue weighted by molar-refractivity contribution is -0.143.